The smallest absolute Gasteiger partial charge is 0.313 e. The Kier molecular flexibility index (Phi) is 4.08. The summed E-state index contributed by atoms with van der Waals surface area (Å²) < 4.78 is 19.2. The second-order valence-corrected chi connectivity index (χ2v) is 5.04. The molecule has 1 aliphatic rings. The number of halogens is 1. The number of hydrogen-bond donors (Lipinski definition) is 1. The van der Waals surface area contributed by atoms with E-state index in [2.05, 4.69) is 5.32 Å². The lowest BCUT2D eigenvalue weighted by atomic mass is 10.1. The highest BCUT2D eigenvalue weighted by atomic mass is 19.1. The van der Waals surface area contributed by atoms with Crippen LogP contribution in [0.4, 0.5) is 15.8 Å². The zero-order valence-electron chi connectivity index (χ0n) is 11.7. The number of ether oxygens (including phenoxy) is 1. The first kappa shape index (κ1) is 14.5. The molecule has 1 aromatic carbocycles. The number of benzene rings is 1. The fraction of sp³-hybridized carbons (Fsp3) is 0.538. The summed E-state index contributed by atoms with van der Waals surface area (Å²) in [5, 5.41) is 14.2. The molecule has 1 aromatic rings. The average molecular weight is 283 g/mol. The van der Waals surface area contributed by atoms with Crippen LogP contribution in [-0.4, -0.2) is 37.2 Å². The summed E-state index contributed by atoms with van der Waals surface area (Å²) in [5.41, 5.74) is -0.0158. The normalized spacial score (nSPS) is 22.7. The van der Waals surface area contributed by atoms with Gasteiger partial charge in [0.1, 0.15) is 0 Å². The number of rotatable bonds is 3. The van der Waals surface area contributed by atoms with Crippen LogP contribution >= 0.6 is 0 Å². The van der Waals surface area contributed by atoms with Crippen LogP contribution in [0.5, 0.6) is 5.75 Å². The molecule has 1 N–H and O–H groups in total. The van der Waals surface area contributed by atoms with Crippen molar-refractivity contribution in [2.45, 2.75) is 25.9 Å². The number of anilines is 1. The van der Waals surface area contributed by atoms with Gasteiger partial charge in [-0.05, 0) is 13.8 Å². The number of nitrogens with zero attached hydrogens (tertiary/aromatic N) is 2. The second-order valence-electron chi connectivity index (χ2n) is 5.04. The molecule has 7 heteroatoms. The van der Waals surface area contributed by atoms with E-state index in [4.69, 9.17) is 4.74 Å². The summed E-state index contributed by atoms with van der Waals surface area (Å²) in [6.07, 6.45) is 0. The number of methoxy groups -OCH3 is 1. The number of hydrogen-bond acceptors (Lipinski definition) is 5. The molecule has 6 nitrogen and oxygen atoms in total. The fourth-order valence-electron chi connectivity index (χ4n) is 2.42. The maximum absolute atomic E-state index is 14.2. The third-order valence-electron chi connectivity index (χ3n) is 3.52. The molecule has 0 radical (unpaired) electrons. The van der Waals surface area contributed by atoms with Crippen molar-refractivity contribution in [3.8, 4) is 5.75 Å². The Morgan fingerprint density at radius 1 is 1.50 bits per heavy atom. The lowest BCUT2D eigenvalue weighted by Crippen LogP contribution is -2.54. The Balaban J connectivity index is 2.43. The van der Waals surface area contributed by atoms with E-state index in [-0.39, 0.29) is 23.5 Å². The fourth-order valence-corrected chi connectivity index (χ4v) is 2.42. The van der Waals surface area contributed by atoms with Gasteiger partial charge in [-0.1, -0.05) is 0 Å². The molecule has 0 bridgehead atoms. The van der Waals surface area contributed by atoms with Gasteiger partial charge in [0, 0.05) is 31.2 Å². The zero-order chi connectivity index (χ0) is 14.9. The molecule has 0 amide bonds. The minimum absolute atomic E-state index is 0.0739. The van der Waals surface area contributed by atoms with E-state index in [0.717, 1.165) is 12.6 Å². The van der Waals surface area contributed by atoms with Crippen LogP contribution in [0.1, 0.15) is 13.8 Å². The van der Waals surface area contributed by atoms with Gasteiger partial charge in [0.2, 0.25) is 0 Å². The molecule has 2 atom stereocenters. The predicted molar refractivity (Wildman–Crippen MR) is 73.9 cm³/mol. The van der Waals surface area contributed by atoms with Crippen molar-refractivity contribution < 1.29 is 14.1 Å². The Labute approximate surface area is 116 Å². The highest BCUT2D eigenvalue weighted by Crippen LogP contribution is 2.35. The van der Waals surface area contributed by atoms with E-state index in [1.807, 2.05) is 18.7 Å². The Bertz CT molecular complexity index is 524. The first-order valence-electron chi connectivity index (χ1n) is 6.46. The quantitative estimate of drug-likeness (QED) is 0.678. The molecule has 1 aliphatic heterocycles. The SMILES string of the molecule is COc1cc(N2CC(C)NCC2C)c(F)cc1[N+](=O)[O-]. The van der Waals surface area contributed by atoms with Crippen LogP contribution in [0.15, 0.2) is 12.1 Å². The molecule has 0 saturated carbocycles. The topological polar surface area (TPSA) is 67.6 Å². The maximum Gasteiger partial charge on any atom is 0.313 e. The molecular formula is C13H18FN3O3. The molecule has 0 spiro atoms. The minimum Gasteiger partial charge on any atom is -0.490 e. The van der Waals surface area contributed by atoms with Crippen LogP contribution in [0, 0.1) is 15.9 Å². The third-order valence-corrected chi connectivity index (χ3v) is 3.52. The summed E-state index contributed by atoms with van der Waals surface area (Å²) in [6.45, 7) is 5.37. The third kappa shape index (κ3) is 2.67. The summed E-state index contributed by atoms with van der Waals surface area (Å²) in [5.74, 6) is -0.525. The summed E-state index contributed by atoms with van der Waals surface area (Å²) in [6, 6.07) is 2.66. The highest BCUT2D eigenvalue weighted by Gasteiger charge is 2.28. The van der Waals surface area contributed by atoms with Crippen LogP contribution in [-0.2, 0) is 0 Å². The van der Waals surface area contributed by atoms with Crippen molar-refractivity contribution in [2.24, 2.45) is 0 Å². The summed E-state index contributed by atoms with van der Waals surface area (Å²) in [7, 11) is 1.34. The van der Waals surface area contributed by atoms with E-state index in [1.165, 1.54) is 13.2 Å². The van der Waals surface area contributed by atoms with Crippen molar-refractivity contribution in [1.82, 2.24) is 5.32 Å². The molecule has 1 saturated heterocycles. The number of nitrogens with one attached hydrogen (secondary N) is 1. The predicted octanol–water partition coefficient (Wildman–Crippen LogP) is 1.93. The Morgan fingerprint density at radius 3 is 2.80 bits per heavy atom. The van der Waals surface area contributed by atoms with E-state index >= 15 is 0 Å². The molecule has 1 heterocycles. The van der Waals surface area contributed by atoms with Crippen LogP contribution in [0.2, 0.25) is 0 Å². The van der Waals surface area contributed by atoms with Crippen molar-refractivity contribution in [3.63, 3.8) is 0 Å². The van der Waals surface area contributed by atoms with Crippen LogP contribution in [0.25, 0.3) is 0 Å². The van der Waals surface area contributed by atoms with Gasteiger partial charge in [0.05, 0.1) is 23.8 Å². The Morgan fingerprint density at radius 2 is 2.20 bits per heavy atom. The first-order chi connectivity index (χ1) is 9.43. The van der Waals surface area contributed by atoms with E-state index in [9.17, 15) is 14.5 Å². The molecule has 20 heavy (non-hydrogen) atoms. The highest BCUT2D eigenvalue weighted by molar-refractivity contribution is 5.61. The van der Waals surface area contributed by atoms with Crippen molar-refractivity contribution in [2.75, 3.05) is 25.1 Å². The summed E-state index contributed by atoms with van der Waals surface area (Å²) >= 11 is 0. The summed E-state index contributed by atoms with van der Waals surface area (Å²) in [4.78, 5) is 12.1. The molecule has 2 unspecified atom stereocenters. The maximum atomic E-state index is 14.2. The molecule has 110 valence electrons. The molecular weight excluding hydrogens is 265 g/mol. The van der Waals surface area contributed by atoms with Gasteiger partial charge >= 0.3 is 5.69 Å². The van der Waals surface area contributed by atoms with Crippen LogP contribution in [0.3, 0.4) is 0 Å². The van der Waals surface area contributed by atoms with Gasteiger partial charge in [-0.15, -0.1) is 0 Å². The van der Waals surface area contributed by atoms with Crippen molar-refractivity contribution in [1.29, 1.82) is 0 Å². The monoisotopic (exact) mass is 283 g/mol. The average Bonchev–Trinajstić information content (AvgIpc) is 2.41. The zero-order valence-corrected chi connectivity index (χ0v) is 11.7. The van der Waals surface area contributed by atoms with Gasteiger partial charge in [-0.25, -0.2) is 4.39 Å². The minimum atomic E-state index is -0.643. The van der Waals surface area contributed by atoms with Gasteiger partial charge in [-0.3, -0.25) is 10.1 Å². The van der Waals surface area contributed by atoms with Crippen LogP contribution < -0.4 is 15.0 Å². The van der Waals surface area contributed by atoms with E-state index in [1.54, 1.807) is 0 Å². The number of nitro groups is 1. The molecule has 1 fully saturated rings. The van der Waals surface area contributed by atoms with Gasteiger partial charge in [0.15, 0.2) is 11.6 Å². The standard InChI is InChI=1S/C13H18FN3O3/c1-8-7-16(9(2)6-15-8)11-5-13(20-3)12(17(18)19)4-10(11)14/h4-5,8-9,15H,6-7H2,1-3H3. The second kappa shape index (κ2) is 5.62. The van der Waals surface area contributed by atoms with Crippen molar-refractivity contribution >= 4 is 11.4 Å². The molecule has 0 aromatic heterocycles. The van der Waals surface area contributed by atoms with Crippen molar-refractivity contribution in [3.05, 3.63) is 28.1 Å². The lowest BCUT2D eigenvalue weighted by Gasteiger charge is -2.39. The molecule has 0 aliphatic carbocycles. The van der Waals surface area contributed by atoms with E-state index in [0.29, 0.717) is 12.2 Å². The van der Waals surface area contributed by atoms with Gasteiger partial charge in [0.25, 0.3) is 0 Å². The van der Waals surface area contributed by atoms with Gasteiger partial charge < -0.3 is 15.0 Å². The molecule has 2 rings (SSSR count). The van der Waals surface area contributed by atoms with E-state index < -0.39 is 10.7 Å². The Hall–Kier alpha value is -1.89. The number of piperazine rings is 1. The lowest BCUT2D eigenvalue weighted by molar-refractivity contribution is -0.385. The van der Waals surface area contributed by atoms with Gasteiger partial charge in [-0.2, -0.15) is 0 Å². The largest absolute Gasteiger partial charge is 0.490 e. The number of nitro benzene ring substituents is 1. The first-order valence-corrected chi connectivity index (χ1v) is 6.46.